The SMILES string of the molecule is CCC1(CNCc2cccc3c2CCCN3)CC1. The highest BCUT2D eigenvalue weighted by molar-refractivity contribution is 5.56. The van der Waals surface area contributed by atoms with Gasteiger partial charge in [0.2, 0.25) is 0 Å². The van der Waals surface area contributed by atoms with E-state index >= 15 is 0 Å². The Morgan fingerprint density at radius 2 is 2.22 bits per heavy atom. The molecule has 98 valence electrons. The summed E-state index contributed by atoms with van der Waals surface area (Å²) in [6.07, 6.45) is 6.67. The van der Waals surface area contributed by atoms with E-state index in [-0.39, 0.29) is 0 Å². The van der Waals surface area contributed by atoms with Gasteiger partial charge in [0.25, 0.3) is 0 Å². The van der Waals surface area contributed by atoms with E-state index in [0.29, 0.717) is 5.41 Å². The molecule has 18 heavy (non-hydrogen) atoms. The van der Waals surface area contributed by atoms with Crippen molar-refractivity contribution >= 4 is 5.69 Å². The molecule has 2 aliphatic rings. The minimum atomic E-state index is 0.646. The maximum atomic E-state index is 3.68. The summed E-state index contributed by atoms with van der Waals surface area (Å²) in [4.78, 5) is 0. The van der Waals surface area contributed by atoms with Crippen molar-refractivity contribution in [3.63, 3.8) is 0 Å². The average Bonchev–Trinajstić information content (AvgIpc) is 3.20. The highest BCUT2D eigenvalue weighted by Crippen LogP contribution is 2.47. The van der Waals surface area contributed by atoms with Crippen molar-refractivity contribution in [3.05, 3.63) is 29.3 Å². The minimum absolute atomic E-state index is 0.646. The number of anilines is 1. The van der Waals surface area contributed by atoms with Gasteiger partial charge in [0, 0.05) is 25.3 Å². The van der Waals surface area contributed by atoms with E-state index in [1.807, 2.05) is 0 Å². The molecule has 2 heteroatoms. The van der Waals surface area contributed by atoms with Crippen LogP contribution in [0.2, 0.25) is 0 Å². The highest BCUT2D eigenvalue weighted by atomic mass is 14.9. The zero-order valence-electron chi connectivity index (χ0n) is 11.4. The molecule has 0 atom stereocenters. The van der Waals surface area contributed by atoms with Crippen molar-refractivity contribution in [2.24, 2.45) is 5.41 Å². The van der Waals surface area contributed by atoms with Crippen molar-refractivity contribution in [1.82, 2.24) is 5.32 Å². The monoisotopic (exact) mass is 244 g/mol. The summed E-state index contributed by atoms with van der Waals surface area (Å²) in [5.74, 6) is 0. The third kappa shape index (κ3) is 2.39. The summed E-state index contributed by atoms with van der Waals surface area (Å²) >= 11 is 0. The summed E-state index contributed by atoms with van der Waals surface area (Å²) in [6.45, 7) is 5.68. The summed E-state index contributed by atoms with van der Waals surface area (Å²) in [5.41, 5.74) is 5.04. The molecule has 1 aromatic rings. The van der Waals surface area contributed by atoms with Crippen LogP contribution in [-0.4, -0.2) is 13.1 Å². The minimum Gasteiger partial charge on any atom is -0.385 e. The summed E-state index contributed by atoms with van der Waals surface area (Å²) in [5, 5.41) is 7.18. The number of fused-ring (bicyclic) bond motifs is 1. The van der Waals surface area contributed by atoms with Gasteiger partial charge in [0.1, 0.15) is 0 Å². The van der Waals surface area contributed by atoms with Crippen molar-refractivity contribution in [1.29, 1.82) is 0 Å². The Morgan fingerprint density at radius 1 is 1.33 bits per heavy atom. The van der Waals surface area contributed by atoms with Gasteiger partial charge in [-0.2, -0.15) is 0 Å². The van der Waals surface area contributed by atoms with E-state index in [1.165, 1.54) is 55.5 Å². The number of hydrogen-bond acceptors (Lipinski definition) is 2. The lowest BCUT2D eigenvalue weighted by molar-refractivity contribution is 0.443. The Kier molecular flexibility index (Phi) is 3.29. The van der Waals surface area contributed by atoms with Gasteiger partial charge in [-0.25, -0.2) is 0 Å². The van der Waals surface area contributed by atoms with Gasteiger partial charge in [-0.3, -0.25) is 0 Å². The Labute approximate surface area is 110 Å². The van der Waals surface area contributed by atoms with E-state index in [2.05, 4.69) is 35.8 Å². The van der Waals surface area contributed by atoms with Crippen LogP contribution in [0.3, 0.4) is 0 Å². The van der Waals surface area contributed by atoms with Crippen LogP contribution in [0.25, 0.3) is 0 Å². The van der Waals surface area contributed by atoms with Gasteiger partial charge in [-0.05, 0) is 54.7 Å². The standard InChI is InChI=1S/C16H24N2/c1-2-16(8-9-16)12-17-11-13-5-3-7-15-14(13)6-4-10-18-15/h3,5,7,17-18H,2,4,6,8-12H2,1H3. The molecule has 1 aromatic carbocycles. The predicted molar refractivity (Wildman–Crippen MR) is 76.9 cm³/mol. The van der Waals surface area contributed by atoms with Crippen molar-refractivity contribution in [3.8, 4) is 0 Å². The quantitative estimate of drug-likeness (QED) is 0.830. The van der Waals surface area contributed by atoms with Gasteiger partial charge in [0.15, 0.2) is 0 Å². The van der Waals surface area contributed by atoms with Crippen LogP contribution in [0, 0.1) is 5.41 Å². The fourth-order valence-electron chi connectivity index (χ4n) is 3.04. The van der Waals surface area contributed by atoms with Gasteiger partial charge in [0.05, 0.1) is 0 Å². The number of rotatable bonds is 5. The number of benzene rings is 1. The molecule has 2 N–H and O–H groups in total. The van der Waals surface area contributed by atoms with Crippen LogP contribution in [0.4, 0.5) is 5.69 Å². The van der Waals surface area contributed by atoms with E-state index in [4.69, 9.17) is 0 Å². The number of nitrogens with one attached hydrogen (secondary N) is 2. The van der Waals surface area contributed by atoms with Crippen LogP contribution in [0.15, 0.2) is 18.2 Å². The maximum Gasteiger partial charge on any atom is 0.0375 e. The molecule has 0 saturated heterocycles. The summed E-state index contributed by atoms with van der Waals surface area (Å²) in [7, 11) is 0. The molecule has 3 rings (SSSR count). The second-order valence-corrected chi connectivity index (χ2v) is 5.93. The first-order valence-electron chi connectivity index (χ1n) is 7.38. The molecule has 1 aliphatic heterocycles. The van der Waals surface area contributed by atoms with Crippen molar-refractivity contribution in [2.45, 2.75) is 45.6 Å². The zero-order valence-corrected chi connectivity index (χ0v) is 11.4. The Bertz CT molecular complexity index is 421. The molecular weight excluding hydrogens is 220 g/mol. The molecule has 2 nitrogen and oxygen atoms in total. The Hall–Kier alpha value is -1.02. The average molecular weight is 244 g/mol. The first kappa shape index (κ1) is 12.0. The fourth-order valence-corrected chi connectivity index (χ4v) is 3.04. The molecular formula is C16H24N2. The largest absolute Gasteiger partial charge is 0.385 e. The van der Waals surface area contributed by atoms with Crippen LogP contribution in [-0.2, 0) is 13.0 Å². The summed E-state index contributed by atoms with van der Waals surface area (Å²) in [6, 6.07) is 6.68. The molecule has 0 bridgehead atoms. The molecule has 1 fully saturated rings. The number of hydrogen-bond donors (Lipinski definition) is 2. The molecule has 0 radical (unpaired) electrons. The van der Waals surface area contributed by atoms with Crippen LogP contribution < -0.4 is 10.6 Å². The van der Waals surface area contributed by atoms with Crippen LogP contribution >= 0.6 is 0 Å². The Morgan fingerprint density at radius 3 is 3.00 bits per heavy atom. The van der Waals surface area contributed by atoms with Crippen molar-refractivity contribution < 1.29 is 0 Å². The van der Waals surface area contributed by atoms with E-state index in [0.717, 1.165) is 13.1 Å². The zero-order chi connectivity index (χ0) is 12.4. The molecule has 0 amide bonds. The first-order chi connectivity index (χ1) is 8.83. The van der Waals surface area contributed by atoms with Crippen LogP contribution in [0.5, 0.6) is 0 Å². The molecule has 1 saturated carbocycles. The fraction of sp³-hybridized carbons (Fsp3) is 0.625. The molecule has 0 unspecified atom stereocenters. The van der Waals surface area contributed by atoms with E-state index in [9.17, 15) is 0 Å². The highest BCUT2D eigenvalue weighted by Gasteiger charge is 2.39. The lowest BCUT2D eigenvalue weighted by Crippen LogP contribution is -2.24. The lowest BCUT2D eigenvalue weighted by Gasteiger charge is -2.22. The normalized spacial score (nSPS) is 20.1. The van der Waals surface area contributed by atoms with Gasteiger partial charge in [-0.1, -0.05) is 19.1 Å². The smallest absolute Gasteiger partial charge is 0.0375 e. The molecule has 0 spiro atoms. The Balaban J connectivity index is 1.62. The third-order valence-electron chi connectivity index (χ3n) is 4.71. The predicted octanol–water partition coefficient (Wildman–Crippen LogP) is 3.32. The van der Waals surface area contributed by atoms with E-state index in [1.54, 1.807) is 0 Å². The van der Waals surface area contributed by atoms with Crippen LogP contribution in [0.1, 0.15) is 43.7 Å². The summed E-state index contributed by atoms with van der Waals surface area (Å²) < 4.78 is 0. The second kappa shape index (κ2) is 4.93. The van der Waals surface area contributed by atoms with Gasteiger partial charge < -0.3 is 10.6 Å². The topological polar surface area (TPSA) is 24.1 Å². The van der Waals surface area contributed by atoms with Gasteiger partial charge in [-0.15, -0.1) is 0 Å². The molecule has 1 heterocycles. The van der Waals surface area contributed by atoms with Crippen molar-refractivity contribution in [2.75, 3.05) is 18.4 Å². The second-order valence-electron chi connectivity index (χ2n) is 5.93. The first-order valence-corrected chi connectivity index (χ1v) is 7.38. The van der Waals surface area contributed by atoms with E-state index < -0.39 is 0 Å². The molecule has 0 aromatic heterocycles. The maximum absolute atomic E-state index is 3.68. The third-order valence-corrected chi connectivity index (χ3v) is 4.71. The molecule has 1 aliphatic carbocycles. The van der Waals surface area contributed by atoms with Gasteiger partial charge >= 0.3 is 0 Å². The lowest BCUT2D eigenvalue weighted by atomic mass is 9.97.